The maximum absolute atomic E-state index is 13.4. The number of aryl methyl sites for hydroxylation is 1. The number of aromatic nitrogens is 1. The van der Waals surface area contributed by atoms with Gasteiger partial charge < -0.3 is 14.6 Å². The summed E-state index contributed by atoms with van der Waals surface area (Å²) in [6, 6.07) is 10.1. The molecule has 0 spiro atoms. The van der Waals surface area contributed by atoms with E-state index in [0.29, 0.717) is 32.0 Å². The summed E-state index contributed by atoms with van der Waals surface area (Å²) in [5.74, 6) is -0.113. The van der Waals surface area contributed by atoms with Crippen LogP contribution in [0.1, 0.15) is 46.9 Å². The average molecular weight is 416 g/mol. The molecule has 154 valence electrons. The number of fused-ring (bicyclic) bond motifs is 1. The highest BCUT2D eigenvalue weighted by Gasteiger charge is 2.41. The maximum atomic E-state index is 13.4. The molecule has 2 aromatic rings. The first-order valence-corrected chi connectivity index (χ1v) is 11.7. The van der Waals surface area contributed by atoms with Crippen LogP contribution in [0, 0.1) is 0 Å². The molecule has 0 radical (unpaired) electrons. The number of benzene rings is 1. The van der Waals surface area contributed by atoms with E-state index in [0.717, 1.165) is 25.7 Å². The van der Waals surface area contributed by atoms with Crippen LogP contribution in [0.4, 0.5) is 0 Å². The summed E-state index contributed by atoms with van der Waals surface area (Å²) in [5, 5.41) is 0. The first-order valence-electron chi connectivity index (χ1n) is 10.2. The lowest BCUT2D eigenvalue weighted by Crippen LogP contribution is -2.40. The van der Waals surface area contributed by atoms with Gasteiger partial charge in [-0.1, -0.05) is 24.3 Å². The van der Waals surface area contributed by atoms with Crippen molar-refractivity contribution in [2.75, 3.05) is 26.3 Å². The number of rotatable bonds is 5. The van der Waals surface area contributed by atoms with E-state index in [9.17, 15) is 13.2 Å². The Morgan fingerprint density at radius 3 is 2.66 bits per heavy atom. The molecule has 8 heteroatoms. The quantitative estimate of drug-likeness (QED) is 0.813. The molecule has 1 unspecified atom stereocenters. The van der Waals surface area contributed by atoms with Crippen LogP contribution in [0.15, 0.2) is 41.4 Å². The van der Waals surface area contributed by atoms with Gasteiger partial charge in [0.2, 0.25) is 10.0 Å². The lowest BCUT2D eigenvalue weighted by Gasteiger charge is -2.29. The summed E-state index contributed by atoms with van der Waals surface area (Å²) in [4.78, 5) is 18.5. The molecule has 2 fully saturated rings. The number of nitrogens with zero attached hydrogens (tertiary/aromatic N) is 2. The third-order valence-corrected chi connectivity index (χ3v) is 7.98. The number of hydrogen-bond donors (Lipinski definition) is 1. The normalized spacial score (nSPS) is 22.4. The Morgan fingerprint density at radius 2 is 1.90 bits per heavy atom. The average Bonchev–Trinajstić information content (AvgIpc) is 3.28. The molecule has 1 atom stereocenters. The largest absolute Gasteiger partial charge is 0.379 e. The predicted molar refractivity (Wildman–Crippen MR) is 107 cm³/mol. The van der Waals surface area contributed by atoms with Gasteiger partial charge in [0.15, 0.2) is 0 Å². The van der Waals surface area contributed by atoms with Crippen LogP contribution in [-0.2, 0) is 21.2 Å². The number of H-pyrrole nitrogens is 1. The fraction of sp³-hybridized carbons (Fsp3) is 0.476. The van der Waals surface area contributed by atoms with E-state index in [2.05, 4.69) is 17.1 Å². The highest BCUT2D eigenvalue weighted by molar-refractivity contribution is 7.89. The van der Waals surface area contributed by atoms with Gasteiger partial charge in [-0.3, -0.25) is 4.79 Å². The van der Waals surface area contributed by atoms with Gasteiger partial charge in [0.1, 0.15) is 10.6 Å². The summed E-state index contributed by atoms with van der Waals surface area (Å²) in [7, 11) is -3.62. The Balaban J connectivity index is 1.41. The molecule has 7 nitrogen and oxygen atoms in total. The lowest BCUT2D eigenvalue weighted by molar-refractivity contribution is 0.0652. The molecule has 1 aromatic carbocycles. The molecular formula is C21H25N3O4S. The SMILES string of the molecule is O=C(c1cc(S(=O)(=O)N2CCOCC2)c[nH]1)N(C1CC1)C1CCc2ccccc21. The molecule has 2 aliphatic carbocycles. The fourth-order valence-electron chi connectivity index (χ4n) is 4.46. The molecule has 0 bridgehead atoms. The molecule has 5 rings (SSSR count). The lowest BCUT2D eigenvalue weighted by atomic mass is 10.1. The number of carbonyl (C=O) groups excluding carboxylic acids is 1. The van der Waals surface area contributed by atoms with E-state index in [1.807, 2.05) is 17.0 Å². The molecule has 1 aliphatic heterocycles. The molecule has 1 saturated carbocycles. The van der Waals surface area contributed by atoms with E-state index in [4.69, 9.17) is 4.74 Å². The standard InChI is InChI=1S/C21H25N3O4S/c25-21(19-13-17(14-22-19)29(26,27)23-9-11-28-12-10-23)24(16-6-7-16)20-8-5-15-3-1-2-4-18(15)20/h1-4,13-14,16,20,22H,5-12H2. The van der Waals surface area contributed by atoms with Gasteiger partial charge >= 0.3 is 0 Å². The van der Waals surface area contributed by atoms with Gasteiger partial charge in [0.25, 0.3) is 5.91 Å². The van der Waals surface area contributed by atoms with Crippen LogP contribution in [0.25, 0.3) is 0 Å². The number of ether oxygens (including phenoxy) is 1. The van der Waals surface area contributed by atoms with Crippen LogP contribution in [0.3, 0.4) is 0 Å². The molecule has 1 amide bonds. The second kappa shape index (κ2) is 7.27. The Kier molecular flexibility index (Phi) is 4.72. The van der Waals surface area contributed by atoms with Crippen molar-refractivity contribution in [1.29, 1.82) is 0 Å². The zero-order chi connectivity index (χ0) is 20.0. The highest BCUT2D eigenvalue weighted by atomic mass is 32.2. The number of nitrogens with one attached hydrogen (secondary N) is 1. The summed E-state index contributed by atoms with van der Waals surface area (Å²) in [5.41, 5.74) is 2.87. The van der Waals surface area contributed by atoms with Crippen LogP contribution in [-0.4, -0.2) is 60.9 Å². The molecule has 1 N–H and O–H groups in total. The molecule has 2 heterocycles. The highest BCUT2D eigenvalue weighted by Crippen LogP contribution is 2.42. The fourth-order valence-corrected chi connectivity index (χ4v) is 5.86. The van der Waals surface area contributed by atoms with Gasteiger partial charge in [-0.05, 0) is 42.9 Å². The van der Waals surface area contributed by atoms with E-state index in [1.54, 1.807) is 0 Å². The van der Waals surface area contributed by atoms with E-state index in [1.165, 1.54) is 27.7 Å². The van der Waals surface area contributed by atoms with Gasteiger partial charge in [0, 0.05) is 25.3 Å². The van der Waals surface area contributed by atoms with Crippen LogP contribution in [0.2, 0.25) is 0 Å². The van der Waals surface area contributed by atoms with Gasteiger partial charge in [-0.2, -0.15) is 4.31 Å². The predicted octanol–water partition coefficient (Wildman–Crippen LogP) is 2.33. The van der Waals surface area contributed by atoms with Crippen molar-refractivity contribution in [3.63, 3.8) is 0 Å². The van der Waals surface area contributed by atoms with Crippen molar-refractivity contribution in [2.45, 2.75) is 42.7 Å². The topological polar surface area (TPSA) is 82.7 Å². The Morgan fingerprint density at radius 1 is 1.14 bits per heavy atom. The third kappa shape index (κ3) is 3.39. The number of morpholine rings is 1. The van der Waals surface area contributed by atoms with Crippen molar-refractivity contribution >= 4 is 15.9 Å². The van der Waals surface area contributed by atoms with Crippen molar-refractivity contribution in [1.82, 2.24) is 14.2 Å². The zero-order valence-corrected chi connectivity index (χ0v) is 17.0. The first-order chi connectivity index (χ1) is 14.1. The minimum atomic E-state index is -3.62. The molecular weight excluding hydrogens is 390 g/mol. The Hall–Kier alpha value is -2.16. The monoisotopic (exact) mass is 415 g/mol. The Bertz CT molecular complexity index is 1020. The second-order valence-corrected chi connectivity index (χ2v) is 9.90. The molecule has 1 saturated heterocycles. The summed E-state index contributed by atoms with van der Waals surface area (Å²) in [6.45, 7) is 1.46. The second-order valence-electron chi connectivity index (χ2n) is 7.96. The molecule has 29 heavy (non-hydrogen) atoms. The van der Waals surface area contributed by atoms with E-state index < -0.39 is 10.0 Å². The Labute approximate surface area is 170 Å². The number of hydrogen-bond acceptors (Lipinski definition) is 4. The minimum absolute atomic E-state index is 0.0637. The van der Waals surface area contributed by atoms with Crippen LogP contribution in [0.5, 0.6) is 0 Å². The number of sulfonamides is 1. The summed E-state index contributed by atoms with van der Waals surface area (Å²) >= 11 is 0. The van der Waals surface area contributed by atoms with Crippen molar-refractivity contribution < 1.29 is 17.9 Å². The number of carbonyl (C=O) groups is 1. The van der Waals surface area contributed by atoms with E-state index in [-0.39, 0.29) is 22.9 Å². The molecule has 1 aromatic heterocycles. The summed E-state index contributed by atoms with van der Waals surface area (Å²) < 4.78 is 32.4. The van der Waals surface area contributed by atoms with Crippen molar-refractivity contribution in [2.24, 2.45) is 0 Å². The van der Waals surface area contributed by atoms with Gasteiger partial charge in [-0.25, -0.2) is 8.42 Å². The minimum Gasteiger partial charge on any atom is -0.379 e. The van der Waals surface area contributed by atoms with Gasteiger partial charge in [0.05, 0.1) is 19.3 Å². The third-order valence-electron chi connectivity index (χ3n) is 6.11. The molecule has 3 aliphatic rings. The first kappa shape index (κ1) is 18.8. The maximum Gasteiger partial charge on any atom is 0.271 e. The smallest absolute Gasteiger partial charge is 0.271 e. The van der Waals surface area contributed by atoms with Crippen LogP contribution >= 0.6 is 0 Å². The van der Waals surface area contributed by atoms with E-state index >= 15 is 0 Å². The summed E-state index contributed by atoms with van der Waals surface area (Å²) in [6.07, 6.45) is 5.33. The number of aromatic amines is 1. The number of amides is 1. The van der Waals surface area contributed by atoms with Gasteiger partial charge in [-0.15, -0.1) is 0 Å². The zero-order valence-electron chi connectivity index (χ0n) is 16.2. The van der Waals surface area contributed by atoms with Crippen LogP contribution < -0.4 is 0 Å². The van der Waals surface area contributed by atoms with Crippen molar-refractivity contribution in [3.05, 3.63) is 53.3 Å². The van der Waals surface area contributed by atoms with Crippen molar-refractivity contribution in [3.8, 4) is 0 Å².